The second kappa shape index (κ2) is 4.67. The highest BCUT2D eigenvalue weighted by molar-refractivity contribution is 5.76. The van der Waals surface area contributed by atoms with E-state index >= 15 is 0 Å². The molecule has 1 aliphatic rings. The standard InChI is InChI=1S/C16H16FNO/c1-10-4-2-3-5-13(10)15-14(17)7-6-11-8-12(9-18)19-16(11)15/h2-7,12H,8-9,18H2,1H3/t12-/m1/s1. The van der Waals surface area contributed by atoms with E-state index in [1.165, 1.54) is 6.07 Å². The Kier molecular flexibility index (Phi) is 2.99. The van der Waals surface area contributed by atoms with Gasteiger partial charge in [-0.15, -0.1) is 0 Å². The van der Waals surface area contributed by atoms with Gasteiger partial charge in [-0.2, -0.15) is 0 Å². The summed E-state index contributed by atoms with van der Waals surface area (Å²) in [7, 11) is 0. The number of rotatable bonds is 2. The van der Waals surface area contributed by atoms with Crippen molar-refractivity contribution < 1.29 is 9.13 Å². The lowest BCUT2D eigenvalue weighted by atomic mass is 9.96. The van der Waals surface area contributed by atoms with Crippen LogP contribution in [0.3, 0.4) is 0 Å². The van der Waals surface area contributed by atoms with Crippen LogP contribution in [0, 0.1) is 12.7 Å². The van der Waals surface area contributed by atoms with Crippen molar-refractivity contribution in [2.45, 2.75) is 19.4 Å². The topological polar surface area (TPSA) is 35.2 Å². The molecule has 0 bridgehead atoms. The van der Waals surface area contributed by atoms with Gasteiger partial charge in [-0.3, -0.25) is 0 Å². The summed E-state index contributed by atoms with van der Waals surface area (Å²) in [5.74, 6) is 0.412. The summed E-state index contributed by atoms with van der Waals surface area (Å²) in [4.78, 5) is 0. The first kappa shape index (κ1) is 12.2. The number of hydrogen-bond acceptors (Lipinski definition) is 2. The lowest BCUT2D eigenvalue weighted by Crippen LogP contribution is -2.24. The van der Waals surface area contributed by atoms with Crippen LogP contribution in [0.1, 0.15) is 11.1 Å². The molecule has 2 N–H and O–H groups in total. The summed E-state index contributed by atoms with van der Waals surface area (Å²) < 4.78 is 20.0. The van der Waals surface area contributed by atoms with Crippen molar-refractivity contribution in [3.63, 3.8) is 0 Å². The summed E-state index contributed by atoms with van der Waals surface area (Å²) >= 11 is 0. The first-order chi connectivity index (χ1) is 9.20. The molecular formula is C16H16FNO. The van der Waals surface area contributed by atoms with Crippen molar-refractivity contribution in [3.8, 4) is 16.9 Å². The predicted molar refractivity (Wildman–Crippen MR) is 73.7 cm³/mol. The maximum absolute atomic E-state index is 14.2. The lowest BCUT2D eigenvalue weighted by Gasteiger charge is -2.13. The van der Waals surface area contributed by atoms with Gasteiger partial charge >= 0.3 is 0 Å². The average Bonchev–Trinajstić information content (AvgIpc) is 2.83. The number of hydrogen-bond donors (Lipinski definition) is 1. The van der Waals surface area contributed by atoms with Crippen molar-refractivity contribution in [2.24, 2.45) is 5.73 Å². The van der Waals surface area contributed by atoms with Crippen molar-refractivity contribution in [2.75, 3.05) is 6.54 Å². The second-order valence-corrected chi connectivity index (χ2v) is 4.91. The highest BCUT2D eigenvalue weighted by Crippen LogP contribution is 2.41. The summed E-state index contributed by atoms with van der Waals surface area (Å²) in [5.41, 5.74) is 9.17. The smallest absolute Gasteiger partial charge is 0.134 e. The fourth-order valence-corrected chi connectivity index (χ4v) is 2.59. The molecule has 0 spiro atoms. The van der Waals surface area contributed by atoms with Crippen LogP contribution in [0.15, 0.2) is 36.4 Å². The minimum absolute atomic E-state index is 0.0421. The third-order valence-corrected chi connectivity index (χ3v) is 3.60. The molecule has 0 unspecified atom stereocenters. The Bertz CT molecular complexity index is 624. The molecule has 19 heavy (non-hydrogen) atoms. The number of ether oxygens (including phenoxy) is 1. The third-order valence-electron chi connectivity index (χ3n) is 3.60. The van der Waals surface area contributed by atoms with Crippen LogP contribution in [-0.4, -0.2) is 12.6 Å². The van der Waals surface area contributed by atoms with Crippen LogP contribution in [0.4, 0.5) is 4.39 Å². The van der Waals surface area contributed by atoms with Crippen LogP contribution in [0.25, 0.3) is 11.1 Å². The maximum atomic E-state index is 14.2. The number of benzene rings is 2. The Balaban J connectivity index is 2.18. The Morgan fingerprint density at radius 1 is 1.26 bits per heavy atom. The summed E-state index contributed by atoms with van der Waals surface area (Å²) in [6.45, 7) is 2.42. The van der Waals surface area contributed by atoms with E-state index in [-0.39, 0.29) is 11.9 Å². The molecular weight excluding hydrogens is 241 g/mol. The van der Waals surface area contributed by atoms with Crippen molar-refractivity contribution in [1.29, 1.82) is 0 Å². The van der Waals surface area contributed by atoms with Gasteiger partial charge < -0.3 is 10.5 Å². The largest absolute Gasteiger partial charge is 0.488 e. The first-order valence-corrected chi connectivity index (χ1v) is 6.45. The quantitative estimate of drug-likeness (QED) is 0.897. The summed E-state index contributed by atoms with van der Waals surface area (Å²) in [6, 6.07) is 11.1. The fraction of sp³-hybridized carbons (Fsp3) is 0.250. The molecule has 0 fully saturated rings. The Hall–Kier alpha value is -1.87. The molecule has 3 heteroatoms. The molecule has 0 amide bonds. The zero-order chi connectivity index (χ0) is 13.4. The van der Waals surface area contributed by atoms with Crippen LogP contribution in [0.2, 0.25) is 0 Å². The van der Waals surface area contributed by atoms with Crippen LogP contribution < -0.4 is 10.5 Å². The molecule has 0 aliphatic carbocycles. The second-order valence-electron chi connectivity index (χ2n) is 4.91. The van der Waals surface area contributed by atoms with E-state index in [0.29, 0.717) is 17.9 Å². The number of halogens is 1. The van der Waals surface area contributed by atoms with Crippen molar-refractivity contribution >= 4 is 0 Å². The molecule has 0 radical (unpaired) electrons. The zero-order valence-corrected chi connectivity index (χ0v) is 10.8. The first-order valence-electron chi connectivity index (χ1n) is 6.45. The van der Waals surface area contributed by atoms with Gasteiger partial charge in [0.15, 0.2) is 0 Å². The predicted octanol–water partition coefficient (Wildman–Crippen LogP) is 3.06. The molecule has 1 aliphatic heterocycles. The minimum Gasteiger partial charge on any atom is -0.488 e. The highest BCUT2D eigenvalue weighted by Gasteiger charge is 2.27. The molecule has 1 heterocycles. The van der Waals surface area contributed by atoms with E-state index < -0.39 is 0 Å². The molecule has 0 saturated carbocycles. The van der Waals surface area contributed by atoms with Crippen LogP contribution >= 0.6 is 0 Å². The lowest BCUT2D eigenvalue weighted by molar-refractivity contribution is 0.241. The van der Waals surface area contributed by atoms with E-state index in [1.54, 1.807) is 6.07 Å². The normalized spacial score (nSPS) is 17.1. The molecule has 0 saturated heterocycles. The molecule has 2 nitrogen and oxygen atoms in total. The molecule has 98 valence electrons. The van der Waals surface area contributed by atoms with Crippen LogP contribution in [-0.2, 0) is 6.42 Å². The average molecular weight is 257 g/mol. The number of aryl methyl sites for hydroxylation is 1. The van der Waals surface area contributed by atoms with E-state index in [2.05, 4.69) is 0 Å². The Morgan fingerprint density at radius 2 is 2.05 bits per heavy atom. The third kappa shape index (κ3) is 2.00. The Morgan fingerprint density at radius 3 is 2.79 bits per heavy atom. The maximum Gasteiger partial charge on any atom is 0.134 e. The van der Waals surface area contributed by atoms with Gasteiger partial charge in [-0.1, -0.05) is 30.3 Å². The molecule has 3 rings (SSSR count). The minimum atomic E-state index is -0.245. The number of fused-ring (bicyclic) bond motifs is 1. The molecule has 1 atom stereocenters. The van der Waals surface area contributed by atoms with Gasteiger partial charge in [0.05, 0.1) is 5.56 Å². The summed E-state index contributed by atoms with van der Waals surface area (Å²) in [5, 5.41) is 0. The van der Waals surface area contributed by atoms with Crippen molar-refractivity contribution in [1.82, 2.24) is 0 Å². The summed E-state index contributed by atoms with van der Waals surface area (Å²) in [6.07, 6.45) is 0.713. The molecule has 0 aromatic heterocycles. The van der Waals surface area contributed by atoms with E-state index in [4.69, 9.17) is 10.5 Å². The molecule has 2 aromatic rings. The Labute approximate surface area is 112 Å². The van der Waals surface area contributed by atoms with Gasteiger partial charge in [-0.25, -0.2) is 4.39 Å². The SMILES string of the molecule is Cc1ccccc1-c1c(F)ccc2c1O[C@@H](CN)C2. The van der Waals surface area contributed by atoms with Gasteiger partial charge in [0.2, 0.25) is 0 Å². The van der Waals surface area contributed by atoms with Gasteiger partial charge in [0, 0.05) is 13.0 Å². The monoisotopic (exact) mass is 257 g/mol. The zero-order valence-electron chi connectivity index (χ0n) is 10.8. The molecule has 2 aromatic carbocycles. The van der Waals surface area contributed by atoms with Gasteiger partial charge in [0.25, 0.3) is 0 Å². The van der Waals surface area contributed by atoms with Crippen LogP contribution in [0.5, 0.6) is 5.75 Å². The number of nitrogens with two attached hydrogens (primary N) is 1. The fourth-order valence-electron chi connectivity index (χ4n) is 2.59. The highest BCUT2D eigenvalue weighted by atomic mass is 19.1. The van der Waals surface area contributed by atoms with E-state index in [9.17, 15) is 4.39 Å². The van der Waals surface area contributed by atoms with Crippen molar-refractivity contribution in [3.05, 3.63) is 53.3 Å². The van der Waals surface area contributed by atoms with E-state index in [0.717, 1.165) is 23.1 Å². The van der Waals surface area contributed by atoms with E-state index in [1.807, 2.05) is 31.2 Å². The van der Waals surface area contributed by atoms with Gasteiger partial charge in [0.1, 0.15) is 17.7 Å². The van der Waals surface area contributed by atoms with Gasteiger partial charge in [-0.05, 0) is 29.7 Å².